The van der Waals surface area contributed by atoms with Gasteiger partial charge in [-0.25, -0.2) is 4.39 Å². The van der Waals surface area contributed by atoms with Crippen LogP contribution in [0.3, 0.4) is 0 Å². The molecule has 0 aliphatic rings. The van der Waals surface area contributed by atoms with Crippen molar-refractivity contribution in [3.8, 4) is 0 Å². The number of nitrogens with one attached hydrogen (secondary N) is 1. The molecule has 0 fully saturated rings. The molecule has 2 N–H and O–H groups in total. The van der Waals surface area contributed by atoms with Crippen LogP contribution in [0.4, 0.5) is 4.39 Å². The number of hydrogen-bond donors (Lipinski definition) is 2. The van der Waals surface area contributed by atoms with Crippen LogP contribution in [0, 0.1) is 5.82 Å². The van der Waals surface area contributed by atoms with E-state index >= 15 is 0 Å². The Labute approximate surface area is 138 Å². The van der Waals surface area contributed by atoms with Crippen molar-refractivity contribution in [3.05, 3.63) is 34.1 Å². The van der Waals surface area contributed by atoms with Crippen LogP contribution in [0.1, 0.15) is 12.0 Å². The number of ether oxygens (including phenoxy) is 1. The van der Waals surface area contributed by atoms with Gasteiger partial charge in [-0.1, -0.05) is 15.9 Å². The molecule has 0 saturated carbocycles. The normalized spacial score (nSPS) is 11.0. The second-order valence-corrected chi connectivity index (χ2v) is 5.78. The highest BCUT2D eigenvalue weighted by molar-refractivity contribution is 9.10. The molecule has 0 aliphatic heterocycles. The Morgan fingerprint density at radius 1 is 1.50 bits per heavy atom. The maximum atomic E-state index is 13.8. The quantitative estimate of drug-likeness (QED) is 0.608. The molecule has 7 heteroatoms. The van der Waals surface area contributed by atoms with Crippen LogP contribution in [0.15, 0.2) is 22.7 Å². The Morgan fingerprint density at radius 2 is 2.27 bits per heavy atom. The zero-order chi connectivity index (χ0) is 16.4. The monoisotopic (exact) mass is 376 g/mol. The van der Waals surface area contributed by atoms with E-state index in [1.807, 2.05) is 0 Å². The van der Waals surface area contributed by atoms with Crippen LogP contribution in [-0.4, -0.2) is 55.9 Å². The van der Waals surface area contributed by atoms with Crippen molar-refractivity contribution in [2.24, 2.45) is 0 Å². The highest BCUT2D eigenvalue weighted by Gasteiger charge is 2.13. The lowest BCUT2D eigenvalue weighted by molar-refractivity contribution is -0.122. The number of aliphatic hydroxyl groups excluding tert-OH is 1. The Balaban J connectivity index is 2.54. The summed E-state index contributed by atoms with van der Waals surface area (Å²) in [5, 5.41) is 11.9. The molecular weight excluding hydrogens is 355 g/mol. The molecule has 5 nitrogen and oxygen atoms in total. The third-order valence-electron chi connectivity index (χ3n) is 3.03. The van der Waals surface area contributed by atoms with Gasteiger partial charge < -0.3 is 15.2 Å². The van der Waals surface area contributed by atoms with E-state index < -0.39 is 0 Å². The average molecular weight is 377 g/mol. The molecule has 22 heavy (non-hydrogen) atoms. The first-order chi connectivity index (χ1) is 10.6. The van der Waals surface area contributed by atoms with Gasteiger partial charge in [-0.2, -0.15) is 0 Å². The number of carbonyl (C=O) groups excluding carboxylic acids is 1. The summed E-state index contributed by atoms with van der Waals surface area (Å²) in [5.41, 5.74) is 0.481. The van der Waals surface area contributed by atoms with E-state index in [0.29, 0.717) is 25.3 Å². The van der Waals surface area contributed by atoms with Gasteiger partial charge in [0.1, 0.15) is 5.82 Å². The first-order valence-corrected chi connectivity index (χ1v) is 7.89. The Bertz CT molecular complexity index is 474. The van der Waals surface area contributed by atoms with E-state index in [1.54, 1.807) is 24.1 Å². The van der Waals surface area contributed by atoms with Crippen LogP contribution >= 0.6 is 15.9 Å². The standard InChI is InChI=1S/C15H22BrFN2O3/c1-22-8-2-5-18-15(21)11-19(6-7-20)10-12-9-13(16)3-4-14(12)17/h3-4,9,20H,2,5-8,10-11H2,1H3,(H,18,21). The molecular formula is C15H22BrFN2O3. The lowest BCUT2D eigenvalue weighted by Gasteiger charge is -2.21. The fourth-order valence-electron chi connectivity index (χ4n) is 1.96. The molecule has 0 atom stereocenters. The molecule has 0 radical (unpaired) electrons. The average Bonchev–Trinajstić information content (AvgIpc) is 2.48. The van der Waals surface area contributed by atoms with E-state index in [4.69, 9.17) is 9.84 Å². The van der Waals surface area contributed by atoms with Crippen molar-refractivity contribution < 1.29 is 19.0 Å². The van der Waals surface area contributed by atoms with Crippen LogP contribution in [0.25, 0.3) is 0 Å². The predicted octanol–water partition coefficient (Wildman–Crippen LogP) is 1.54. The highest BCUT2D eigenvalue weighted by Crippen LogP contribution is 2.17. The van der Waals surface area contributed by atoms with Crippen molar-refractivity contribution in [1.29, 1.82) is 0 Å². The minimum absolute atomic E-state index is 0.0907. The number of rotatable bonds is 10. The fraction of sp³-hybridized carbons (Fsp3) is 0.533. The topological polar surface area (TPSA) is 61.8 Å². The Kier molecular flexibility index (Phi) is 9.22. The number of nitrogens with zero attached hydrogens (tertiary/aromatic N) is 1. The van der Waals surface area contributed by atoms with Gasteiger partial charge in [-0.3, -0.25) is 9.69 Å². The summed E-state index contributed by atoms with van der Waals surface area (Å²) < 4.78 is 19.5. The SMILES string of the molecule is COCCCNC(=O)CN(CCO)Cc1cc(Br)ccc1F. The summed E-state index contributed by atoms with van der Waals surface area (Å²) in [6.45, 7) is 1.70. The van der Waals surface area contributed by atoms with Crippen LogP contribution in [0.2, 0.25) is 0 Å². The maximum absolute atomic E-state index is 13.8. The Morgan fingerprint density at radius 3 is 2.95 bits per heavy atom. The van der Waals surface area contributed by atoms with Gasteiger partial charge in [0.2, 0.25) is 5.91 Å². The van der Waals surface area contributed by atoms with Gasteiger partial charge in [0.15, 0.2) is 0 Å². The summed E-state index contributed by atoms with van der Waals surface area (Å²) in [7, 11) is 1.61. The molecule has 1 aromatic rings. The number of aliphatic hydroxyl groups is 1. The lowest BCUT2D eigenvalue weighted by Crippen LogP contribution is -2.39. The summed E-state index contributed by atoms with van der Waals surface area (Å²) >= 11 is 3.30. The molecule has 0 bridgehead atoms. The van der Waals surface area contributed by atoms with Gasteiger partial charge >= 0.3 is 0 Å². The summed E-state index contributed by atoms with van der Waals surface area (Å²) in [6.07, 6.45) is 0.739. The van der Waals surface area contributed by atoms with Gasteiger partial charge in [0.25, 0.3) is 0 Å². The second kappa shape index (κ2) is 10.7. The molecule has 0 spiro atoms. The number of halogens is 2. The second-order valence-electron chi connectivity index (χ2n) is 4.87. The summed E-state index contributed by atoms with van der Waals surface area (Å²) in [4.78, 5) is 13.6. The lowest BCUT2D eigenvalue weighted by atomic mass is 10.2. The minimum Gasteiger partial charge on any atom is -0.395 e. The smallest absolute Gasteiger partial charge is 0.234 e. The molecule has 0 saturated heterocycles. The molecule has 0 aliphatic carbocycles. The van der Waals surface area contributed by atoms with Crippen molar-refractivity contribution in [1.82, 2.24) is 10.2 Å². The maximum Gasteiger partial charge on any atom is 0.234 e. The number of hydrogen-bond acceptors (Lipinski definition) is 4. The zero-order valence-electron chi connectivity index (χ0n) is 12.6. The van der Waals surface area contributed by atoms with Crippen LogP contribution < -0.4 is 5.32 Å². The molecule has 0 heterocycles. The van der Waals surface area contributed by atoms with E-state index in [9.17, 15) is 9.18 Å². The molecule has 124 valence electrons. The van der Waals surface area contributed by atoms with Gasteiger partial charge in [-0.05, 0) is 24.6 Å². The molecule has 1 aromatic carbocycles. The van der Waals surface area contributed by atoms with Gasteiger partial charge in [0, 0.05) is 43.4 Å². The van der Waals surface area contributed by atoms with Gasteiger partial charge in [-0.15, -0.1) is 0 Å². The summed E-state index contributed by atoms with van der Waals surface area (Å²) in [6, 6.07) is 4.68. The summed E-state index contributed by atoms with van der Waals surface area (Å²) in [5.74, 6) is -0.480. The fourth-order valence-corrected chi connectivity index (χ4v) is 2.37. The molecule has 0 unspecified atom stereocenters. The zero-order valence-corrected chi connectivity index (χ0v) is 14.2. The third-order valence-corrected chi connectivity index (χ3v) is 3.53. The van der Waals surface area contributed by atoms with E-state index in [2.05, 4.69) is 21.2 Å². The first kappa shape index (κ1) is 19.0. The van der Waals surface area contributed by atoms with E-state index in [-0.39, 0.29) is 31.4 Å². The largest absolute Gasteiger partial charge is 0.395 e. The number of carbonyl (C=O) groups is 1. The van der Waals surface area contributed by atoms with Crippen molar-refractivity contribution in [2.75, 3.05) is 40.0 Å². The third kappa shape index (κ3) is 7.31. The van der Waals surface area contributed by atoms with Crippen molar-refractivity contribution >= 4 is 21.8 Å². The highest BCUT2D eigenvalue weighted by atomic mass is 79.9. The van der Waals surface area contributed by atoms with Gasteiger partial charge in [0.05, 0.1) is 13.2 Å². The van der Waals surface area contributed by atoms with Crippen molar-refractivity contribution in [2.45, 2.75) is 13.0 Å². The molecule has 1 amide bonds. The van der Waals surface area contributed by atoms with Crippen LogP contribution in [0.5, 0.6) is 0 Å². The van der Waals surface area contributed by atoms with Crippen LogP contribution in [-0.2, 0) is 16.1 Å². The number of benzene rings is 1. The molecule has 0 aromatic heterocycles. The predicted molar refractivity (Wildman–Crippen MR) is 86.0 cm³/mol. The van der Waals surface area contributed by atoms with E-state index in [0.717, 1.165) is 10.9 Å². The van der Waals surface area contributed by atoms with E-state index in [1.165, 1.54) is 6.07 Å². The Hall–Kier alpha value is -1.02. The first-order valence-electron chi connectivity index (χ1n) is 7.09. The number of amides is 1. The minimum atomic E-state index is -0.327. The number of methoxy groups -OCH3 is 1. The molecule has 1 rings (SSSR count). The van der Waals surface area contributed by atoms with Crippen molar-refractivity contribution in [3.63, 3.8) is 0 Å².